The molecule has 0 aromatic heterocycles. The van der Waals surface area contributed by atoms with Crippen molar-refractivity contribution in [2.24, 2.45) is 0 Å². The average molecular weight is 329 g/mol. The maximum absolute atomic E-state index is 10.9. The summed E-state index contributed by atoms with van der Waals surface area (Å²) in [4.78, 5) is 21.8. The van der Waals surface area contributed by atoms with Gasteiger partial charge in [0.25, 0.3) is 0 Å². The number of hydrogen-bond donors (Lipinski definition) is 2. The lowest BCUT2D eigenvalue weighted by atomic mass is 9.88. The first kappa shape index (κ1) is 15.7. The van der Waals surface area contributed by atoms with E-state index in [1.807, 2.05) is 26.8 Å². The highest BCUT2D eigenvalue weighted by atomic mass is 79.9. The molecule has 0 saturated heterocycles. The van der Waals surface area contributed by atoms with Gasteiger partial charge in [-0.25, -0.2) is 0 Å². The first-order valence-corrected chi connectivity index (χ1v) is 6.73. The molecule has 5 heteroatoms. The number of carboxylic acids is 2. The lowest BCUT2D eigenvalue weighted by molar-refractivity contribution is -0.139. The van der Waals surface area contributed by atoms with Crippen LogP contribution < -0.4 is 0 Å². The van der Waals surface area contributed by atoms with Crippen LogP contribution in [0.15, 0.2) is 10.5 Å². The van der Waals surface area contributed by atoms with E-state index < -0.39 is 17.9 Å². The monoisotopic (exact) mass is 328 g/mol. The van der Waals surface area contributed by atoms with Crippen molar-refractivity contribution in [3.05, 3.63) is 32.8 Å². The second-order valence-corrected chi connectivity index (χ2v) is 5.53. The van der Waals surface area contributed by atoms with Crippen molar-refractivity contribution in [2.75, 3.05) is 0 Å². The number of aryl methyl sites for hydroxylation is 1. The zero-order chi connectivity index (χ0) is 14.7. The zero-order valence-electron chi connectivity index (χ0n) is 11.2. The molecular formula is C14H17BrO4. The van der Waals surface area contributed by atoms with E-state index in [0.717, 1.165) is 26.7 Å². The molecule has 2 N–H and O–H groups in total. The van der Waals surface area contributed by atoms with E-state index in [-0.39, 0.29) is 12.8 Å². The number of carbonyl (C=O) groups is 2. The number of hydrogen-bond acceptors (Lipinski definition) is 2. The fourth-order valence-corrected chi connectivity index (χ4v) is 2.83. The largest absolute Gasteiger partial charge is 0.481 e. The summed E-state index contributed by atoms with van der Waals surface area (Å²) in [5.41, 5.74) is 3.94. The van der Waals surface area contributed by atoms with Crippen LogP contribution in [0.5, 0.6) is 0 Å². The van der Waals surface area contributed by atoms with Crippen molar-refractivity contribution in [1.29, 1.82) is 0 Å². The Morgan fingerprint density at radius 3 is 2.00 bits per heavy atom. The lowest BCUT2D eigenvalue weighted by Crippen LogP contribution is -2.12. The first-order chi connectivity index (χ1) is 8.73. The van der Waals surface area contributed by atoms with Gasteiger partial charge in [0.1, 0.15) is 0 Å². The molecule has 1 aromatic carbocycles. The summed E-state index contributed by atoms with van der Waals surface area (Å²) in [5.74, 6) is -2.51. The van der Waals surface area contributed by atoms with E-state index in [0.29, 0.717) is 0 Å². The molecule has 0 heterocycles. The van der Waals surface area contributed by atoms with Crippen LogP contribution in [0.3, 0.4) is 0 Å². The van der Waals surface area contributed by atoms with Gasteiger partial charge in [0.2, 0.25) is 0 Å². The minimum atomic E-state index is -0.992. The number of halogens is 1. The molecule has 0 aliphatic rings. The second kappa shape index (κ2) is 6.19. The molecule has 0 fully saturated rings. The predicted molar refractivity (Wildman–Crippen MR) is 75.6 cm³/mol. The van der Waals surface area contributed by atoms with E-state index in [1.165, 1.54) is 0 Å². The van der Waals surface area contributed by atoms with Gasteiger partial charge in [0, 0.05) is 10.4 Å². The summed E-state index contributed by atoms with van der Waals surface area (Å²) in [6.45, 7) is 5.87. The highest BCUT2D eigenvalue weighted by Crippen LogP contribution is 2.35. The fraction of sp³-hybridized carbons (Fsp3) is 0.429. The van der Waals surface area contributed by atoms with E-state index in [2.05, 4.69) is 15.9 Å². The Kier molecular flexibility index (Phi) is 5.11. The molecular weight excluding hydrogens is 312 g/mol. The third-order valence-electron chi connectivity index (χ3n) is 3.39. The number of carboxylic acid groups (broad SMARTS) is 2. The van der Waals surface area contributed by atoms with Crippen LogP contribution in [-0.4, -0.2) is 22.2 Å². The summed E-state index contributed by atoms with van der Waals surface area (Å²) in [7, 11) is 0. The van der Waals surface area contributed by atoms with Crippen molar-refractivity contribution < 1.29 is 19.8 Å². The van der Waals surface area contributed by atoms with Crippen molar-refractivity contribution in [3.8, 4) is 0 Å². The van der Waals surface area contributed by atoms with Gasteiger partial charge in [-0.05, 0) is 43.0 Å². The van der Waals surface area contributed by atoms with E-state index in [1.54, 1.807) is 0 Å². The van der Waals surface area contributed by atoms with Gasteiger partial charge in [-0.1, -0.05) is 22.0 Å². The second-order valence-electron chi connectivity index (χ2n) is 4.74. The molecule has 104 valence electrons. The molecule has 0 atom stereocenters. The molecule has 0 spiro atoms. The van der Waals surface area contributed by atoms with Crippen LogP contribution in [0.25, 0.3) is 0 Å². The molecule has 0 amide bonds. The molecule has 19 heavy (non-hydrogen) atoms. The Bertz CT molecular complexity index is 507. The van der Waals surface area contributed by atoms with E-state index in [9.17, 15) is 9.59 Å². The molecule has 0 aliphatic carbocycles. The van der Waals surface area contributed by atoms with Crippen LogP contribution in [0.1, 0.15) is 41.0 Å². The van der Waals surface area contributed by atoms with Crippen LogP contribution in [0.4, 0.5) is 0 Å². The summed E-state index contributed by atoms with van der Waals surface area (Å²) >= 11 is 3.46. The zero-order valence-corrected chi connectivity index (χ0v) is 12.7. The molecule has 4 nitrogen and oxygen atoms in total. The molecule has 0 saturated carbocycles. The smallest absolute Gasteiger partial charge is 0.303 e. The standard InChI is InChI=1S/C14H17BrO4/c1-7-4-11(14(15)9(3)8(7)2)10(5-12(16)17)6-13(18)19/h4,10H,5-6H2,1-3H3,(H,16,17)(H,18,19). The normalized spacial score (nSPS) is 10.8. The van der Waals surface area contributed by atoms with Crippen LogP contribution in [0, 0.1) is 20.8 Å². The van der Waals surface area contributed by atoms with Crippen molar-refractivity contribution in [3.63, 3.8) is 0 Å². The molecule has 1 aromatic rings. The third kappa shape index (κ3) is 3.80. The van der Waals surface area contributed by atoms with Crippen LogP contribution in [0.2, 0.25) is 0 Å². The lowest BCUT2D eigenvalue weighted by Gasteiger charge is -2.19. The topological polar surface area (TPSA) is 74.6 Å². The summed E-state index contributed by atoms with van der Waals surface area (Å²) in [6, 6.07) is 1.88. The molecule has 0 unspecified atom stereocenters. The minimum absolute atomic E-state index is 0.188. The average Bonchev–Trinajstić information content (AvgIpc) is 2.29. The Hall–Kier alpha value is -1.36. The van der Waals surface area contributed by atoms with Gasteiger partial charge >= 0.3 is 11.9 Å². The van der Waals surface area contributed by atoms with Crippen molar-refractivity contribution in [1.82, 2.24) is 0 Å². The quantitative estimate of drug-likeness (QED) is 0.868. The third-order valence-corrected chi connectivity index (χ3v) is 4.44. The maximum atomic E-state index is 10.9. The van der Waals surface area contributed by atoms with Crippen LogP contribution in [-0.2, 0) is 9.59 Å². The van der Waals surface area contributed by atoms with Crippen LogP contribution >= 0.6 is 15.9 Å². The molecule has 1 rings (SSSR count). The Balaban J connectivity index is 3.29. The van der Waals surface area contributed by atoms with Crippen molar-refractivity contribution >= 4 is 27.9 Å². The highest BCUT2D eigenvalue weighted by molar-refractivity contribution is 9.10. The number of benzene rings is 1. The summed E-state index contributed by atoms with van der Waals surface area (Å²) in [6.07, 6.45) is -0.375. The SMILES string of the molecule is Cc1cc(C(CC(=O)O)CC(=O)O)c(Br)c(C)c1C. The van der Waals surface area contributed by atoms with Gasteiger partial charge in [-0.15, -0.1) is 0 Å². The number of rotatable bonds is 5. The van der Waals surface area contributed by atoms with Gasteiger partial charge in [-0.3, -0.25) is 9.59 Å². The first-order valence-electron chi connectivity index (χ1n) is 5.93. The minimum Gasteiger partial charge on any atom is -0.481 e. The molecule has 0 bridgehead atoms. The summed E-state index contributed by atoms with van der Waals surface area (Å²) in [5, 5.41) is 17.9. The predicted octanol–water partition coefficient (Wildman–Crippen LogP) is 3.41. The van der Waals surface area contributed by atoms with Gasteiger partial charge in [0.05, 0.1) is 12.8 Å². The Labute approximate surface area is 120 Å². The van der Waals surface area contributed by atoms with Gasteiger partial charge in [0.15, 0.2) is 0 Å². The fourth-order valence-electron chi connectivity index (χ4n) is 2.09. The van der Waals surface area contributed by atoms with Gasteiger partial charge in [-0.2, -0.15) is 0 Å². The van der Waals surface area contributed by atoms with E-state index >= 15 is 0 Å². The highest BCUT2D eigenvalue weighted by Gasteiger charge is 2.23. The molecule has 0 aliphatic heterocycles. The van der Waals surface area contributed by atoms with E-state index in [4.69, 9.17) is 10.2 Å². The summed E-state index contributed by atoms with van der Waals surface area (Å²) < 4.78 is 0.808. The maximum Gasteiger partial charge on any atom is 0.303 e. The number of aliphatic carboxylic acids is 2. The Morgan fingerprint density at radius 1 is 1.11 bits per heavy atom. The van der Waals surface area contributed by atoms with Gasteiger partial charge < -0.3 is 10.2 Å². The van der Waals surface area contributed by atoms with Crippen molar-refractivity contribution in [2.45, 2.75) is 39.5 Å². The molecule has 0 radical (unpaired) electrons. The Morgan fingerprint density at radius 2 is 1.58 bits per heavy atom.